The molecule has 1 aliphatic carbocycles. The molecule has 5 heteroatoms. The smallest absolute Gasteiger partial charge is 0.252 e. The van der Waals surface area contributed by atoms with Gasteiger partial charge in [-0.15, -0.1) is 0 Å². The van der Waals surface area contributed by atoms with Gasteiger partial charge in [0.05, 0.1) is 6.54 Å². The second-order valence-corrected chi connectivity index (χ2v) is 7.62. The number of aromatic nitrogens is 1. The number of carbonyl (C=O) groups is 1. The molecule has 0 bridgehead atoms. The zero-order valence-corrected chi connectivity index (χ0v) is 14.4. The number of amides is 1. The van der Waals surface area contributed by atoms with E-state index in [1.807, 2.05) is 11.0 Å². The molecule has 2 aliphatic heterocycles. The fraction of sp³-hybridized carbons (Fsp3) is 0.474. The molecule has 124 valence electrons. The first-order chi connectivity index (χ1) is 11.7. The first kappa shape index (κ1) is 14.5. The number of thiocarbonyl (C=S) groups is 1. The average molecular weight is 339 g/mol. The summed E-state index contributed by atoms with van der Waals surface area (Å²) in [5, 5.41) is 2.00. The van der Waals surface area contributed by atoms with Crippen molar-refractivity contribution in [2.45, 2.75) is 57.2 Å². The molecular weight excluding hydrogens is 318 g/mol. The van der Waals surface area contributed by atoms with E-state index in [-0.39, 0.29) is 11.9 Å². The molecule has 1 saturated heterocycles. The number of rotatable bonds is 1. The Labute approximate surface area is 146 Å². The van der Waals surface area contributed by atoms with Crippen LogP contribution in [0.5, 0.6) is 0 Å². The molecule has 1 N–H and O–H groups in total. The predicted octanol–water partition coefficient (Wildman–Crippen LogP) is 3.35. The van der Waals surface area contributed by atoms with E-state index in [4.69, 9.17) is 12.2 Å². The second-order valence-electron chi connectivity index (χ2n) is 7.26. The highest BCUT2D eigenvalue weighted by molar-refractivity contribution is 7.80. The molecule has 1 saturated carbocycles. The van der Waals surface area contributed by atoms with E-state index >= 15 is 0 Å². The molecule has 3 aliphatic rings. The molecule has 3 heterocycles. The van der Waals surface area contributed by atoms with Gasteiger partial charge in [0.2, 0.25) is 0 Å². The number of nitrogens with zero attached hydrogens (tertiary/aromatic N) is 2. The Morgan fingerprint density at radius 3 is 2.75 bits per heavy atom. The van der Waals surface area contributed by atoms with E-state index < -0.39 is 0 Å². The lowest BCUT2D eigenvalue weighted by atomic mass is 9.93. The number of fused-ring (bicyclic) bond motifs is 4. The first-order valence-electron chi connectivity index (χ1n) is 8.96. The van der Waals surface area contributed by atoms with Crippen LogP contribution in [0.2, 0.25) is 0 Å². The van der Waals surface area contributed by atoms with Crippen LogP contribution in [0, 0.1) is 0 Å². The van der Waals surface area contributed by atoms with Gasteiger partial charge in [0.1, 0.15) is 6.04 Å². The third kappa shape index (κ3) is 1.97. The summed E-state index contributed by atoms with van der Waals surface area (Å²) in [6.45, 7) is 0.725. The van der Waals surface area contributed by atoms with Gasteiger partial charge in [-0.2, -0.15) is 0 Å². The summed E-state index contributed by atoms with van der Waals surface area (Å²) in [6.07, 6.45) is 6.68. The van der Waals surface area contributed by atoms with Crippen molar-refractivity contribution in [2.24, 2.45) is 0 Å². The SMILES string of the molecule is O=C1C2Cc3c([nH]c4ccccc34)CN2C(=S)N1C1CCCCC1. The lowest BCUT2D eigenvalue weighted by molar-refractivity contribution is -0.130. The molecule has 1 unspecified atom stereocenters. The molecule has 1 amide bonds. The molecule has 0 radical (unpaired) electrons. The van der Waals surface area contributed by atoms with Crippen LogP contribution >= 0.6 is 12.2 Å². The number of carbonyl (C=O) groups excluding carboxylic acids is 1. The van der Waals surface area contributed by atoms with Gasteiger partial charge in [-0.3, -0.25) is 9.69 Å². The Kier molecular flexibility index (Phi) is 3.20. The normalized spacial score (nSPS) is 24.6. The third-order valence-electron chi connectivity index (χ3n) is 5.92. The standard InChI is InChI=1S/C19H21N3OS/c23-18-17-10-14-13-8-4-5-9-15(13)20-16(14)11-21(17)19(24)22(18)12-6-2-1-3-7-12/h4-5,8-9,12,17,20H,1-3,6-7,10-11H2. The number of para-hydroxylation sites is 1. The first-order valence-corrected chi connectivity index (χ1v) is 9.37. The average Bonchev–Trinajstić information content (AvgIpc) is 3.10. The van der Waals surface area contributed by atoms with E-state index in [9.17, 15) is 4.79 Å². The topological polar surface area (TPSA) is 39.3 Å². The summed E-state index contributed by atoms with van der Waals surface area (Å²) >= 11 is 5.72. The van der Waals surface area contributed by atoms with Crippen molar-refractivity contribution in [3.63, 3.8) is 0 Å². The Bertz CT molecular complexity index is 836. The minimum Gasteiger partial charge on any atom is -0.357 e. The summed E-state index contributed by atoms with van der Waals surface area (Å²) in [5.74, 6) is 0.225. The van der Waals surface area contributed by atoms with Gasteiger partial charge in [-0.05, 0) is 36.7 Å². The number of H-pyrrole nitrogens is 1. The highest BCUT2D eigenvalue weighted by Gasteiger charge is 2.47. The molecule has 1 aromatic carbocycles. The van der Waals surface area contributed by atoms with Crippen LogP contribution < -0.4 is 0 Å². The maximum atomic E-state index is 13.1. The van der Waals surface area contributed by atoms with Crippen molar-refractivity contribution in [1.82, 2.24) is 14.8 Å². The van der Waals surface area contributed by atoms with E-state index in [0.29, 0.717) is 6.04 Å². The fourth-order valence-corrected chi connectivity index (χ4v) is 5.13. The number of benzene rings is 1. The lowest BCUT2D eigenvalue weighted by Gasteiger charge is -2.31. The third-order valence-corrected chi connectivity index (χ3v) is 6.35. The van der Waals surface area contributed by atoms with Crippen LogP contribution in [0.1, 0.15) is 43.4 Å². The molecule has 2 fully saturated rings. The van der Waals surface area contributed by atoms with Crippen LogP contribution in [0.15, 0.2) is 24.3 Å². The summed E-state index contributed by atoms with van der Waals surface area (Å²) in [5.41, 5.74) is 3.67. The van der Waals surface area contributed by atoms with Gasteiger partial charge in [0.25, 0.3) is 5.91 Å². The summed E-state index contributed by atoms with van der Waals surface area (Å²) in [4.78, 5) is 20.7. The Balaban J connectivity index is 1.50. The Morgan fingerprint density at radius 1 is 1.12 bits per heavy atom. The zero-order valence-electron chi connectivity index (χ0n) is 13.6. The van der Waals surface area contributed by atoms with Crippen molar-refractivity contribution in [2.75, 3.05) is 0 Å². The van der Waals surface area contributed by atoms with Gasteiger partial charge in [-0.1, -0.05) is 37.5 Å². The van der Waals surface area contributed by atoms with Crippen LogP contribution in [0.3, 0.4) is 0 Å². The summed E-state index contributed by atoms with van der Waals surface area (Å²) < 4.78 is 0. The maximum Gasteiger partial charge on any atom is 0.252 e. The van der Waals surface area contributed by atoms with Gasteiger partial charge in [0, 0.05) is 29.1 Å². The van der Waals surface area contributed by atoms with Crippen LogP contribution in [-0.4, -0.2) is 37.9 Å². The van der Waals surface area contributed by atoms with Crippen molar-refractivity contribution in [3.8, 4) is 0 Å². The Hall–Kier alpha value is -1.88. The summed E-state index contributed by atoms with van der Waals surface area (Å²) in [7, 11) is 0. The molecular formula is C19H21N3OS. The number of hydrogen-bond acceptors (Lipinski definition) is 2. The van der Waals surface area contributed by atoms with Gasteiger partial charge in [-0.25, -0.2) is 0 Å². The number of aromatic amines is 1. The van der Waals surface area contributed by atoms with Crippen molar-refractivity contribution in [3.05, 3.63) is 35.5 Å². The largest absolute Gasteiger partial charge is 0.357 e. The van der Waals surface area contributed by atoms with Gasteiger partial charge < -0.3 is 9.88 Å². The fourth-order valence-electron chi connectivity index (χ4n) is 4.70. The second kappa shape index (κ2) is 5.31. The van der Waals surface area contributed by atoms with Crippen LogP contribution in [0.25, 0.3) is 10.9 Å². The van der Waals surface area contributed by atoms with Crippen molar-refractivity contribution in [1.29, 1.82) is 0 Å². The lowest BCUT2D eigenvalue weighted by Crippen LogP contribution is -2.42. The molecule has 4 nitrogen and oxygen atoms in total. The predicted molar refractivity (Wildman–Crippen MR) is 97.7 cm³/mol. The molecule has 1 aromatic heterocycles. The Morgan fingerprint density at radius 2 is 1.92 bits per heavy atom. The zero-order chi connectivity index (χ0) is 16.3. The van der Waals surface area contributed by atoms with Gasteiger partial charge in [0.15, 0.2) is 5.11 Å². The minimum absolute atomic E-state index is 0.105. The number of nitrogens with one attached hydrogen (secondary N) is 1. The monoisotopic (exact) mass is 339 g/mol. The minimum atomic E-state index is -0.105. The van der Waals surface area contributed by atoms with E-state index in [0.717, 1.165) is 36.4 Å². The van der Waals surface area contributed by atoms with E-state index in [1.54, 1.807) is 0 Å². The molecule has 0 spiro atoms. The molecule has 1 atom stereocenters. The van der Waals surface area contributed by atoms with E-state index in [1.165, 1.54) is 35.9 Å². The quantitative estimate of drug-likeness (QED) is 0.810. The van der Waals surface area contributed by atoms with Crippen LogP contribution in [-0.2, 0) is 17.8 Å². The molecule has 2 aromatic rings. The maximum absolute atomic E-state index is 13.1. The molecule has 24 heavy (non-hydrogen) atoms. The van der Waals surface area contributed by atoms with Crippen molar-refractivity contribution < 1.29 is 4.79 Å². The highest BCUT2D eigenvalue weighted by Crippen LogP contribution is 2.36. The van der Waals surface area contributed by atoms with E-state index in [2.05, 4.69) is 28.1 Å². The van der Waals surface area contributed by atoms with Gasteiger partial charge >= 0.3 is 0 Å². The van der Waals surface area contributed by atoms with Crippen LogP contribution in [0.4, 0.5) is 0 Å². The van der Waals surface area contributed by atoms with Crippen molar-refractivity contribution >= 4 is 34.1 Å². The summed E-state index contributed by atoms with van der Waals surface area (Å²) in [6, 6.07) is 8.58. The molecule has 5 rings (SSSR count). The highest BCUT2D eigenvalue weighted by atomic mass is 32.1. The number of hydrogen-bond donors (Lipinski definition) is 1.